The van der Waals surface area contributed by atoms with Gasteiger partial charge in [-0.05, 0) is 22.9 Å². The first-order chi connectivity index (χ1) is 13.5. The largest absolute Gasteiger partial charge is 0.326 e. The van der Waals surface area contributed by atoms with Crippen LogP contribution in [0.3, 0.4) is 0 Å². The van der Waals surface area contributed by atoms with E-state index in [1.54, 1.807) is 39.8 Å². The lowest BCUT2D eigenvalue weighted by Gasteiger charge is -2.46. The summed E-state index contributed by atoms with van der Waals surface area (Å²) in [7, 11) is -3.75. The lowest BCUT2D eigenvalue weighted by molar-refractivity contribution is -0.161. The number of hydrogen-bond acceptors (Lipinski definition) is 5. The summed E-state index contributed by atoms with van der Waals surface area (Å²) in [5.41, 5.74) is 0. The number of amides is 2. The molecule has 2 aromatic carbocycles. The zero-order valence-corrected chi connectivity index (χ0v) is 16.7. The lowest BCUT2D eigenvalue weighted by Crippen LogP contribution is -2.69. The maximum atomic E-state index is 13.2. The molecular formula is C19H19N3O4S2. The van der Waals surface area contributed by atoms with Crippen LogP contribution in [0.5, 0.6) is 0 Å². The smallest absolute Gasteiger partial charge is 0.248 e. The van der Waals surface area contributed by atoms with Crippen molar-refractivity contribution in [2.24, 2.45) is 0 Å². The Morgan fingerprint density at radius 2 is 1.64 bits per heavy atom. The van der Waals surface area contributed by atoms with Crippen molar-refractivity contribution in [2.75, 3.05) is 31.3 Å². The summed E-state index contributed by atoms with van der Waals surface area (Å²) in [4.78, 5) is 29.0. The molecule has 3 aliphatic heterocycles. The van der Waals surface area contributed by atoms with Crippen LogP contribution in [0.4, 0.5) is 0 Å². The van der Waals surface area contributed by atoms with Gasteiger partial charge in [-0.2, -0.15) is 4.31 Å². The van der Waals surface area contributed by atoms with E-state index in [-0.39, 0.29) is 36.3 Å². The predicted molar refractivity (Wildman–Crippen MR) is 106 cm³/mol. The minimum atomic E-state index is -3.75. The SMILES string of the molecule is O=C1[C@@H]2CSCN2C(=O)[C@H]2CN(S(=O)(=O)c3ccc4ccccc4c3)CCN12. The molecule has 7 nitrogen and oxygen atoms in total. The van der Waals surface area contributed by atoms with Gasteiger partial charge in [0.15, 0.2) is 0 Å². The van der Waals surface area contributed by atoms with Gasteiger partial charge in [0.2, 0.25) is 21.8 Å². The van der Waals surface area contributed by atoms with Gasteiger partial charge in [-0.15, -0.1) is 11.8 Å². The molecule has 3 heterocycles. The fourth-order valence-corrected chi connectivity index (χ4v) is 6.80. The average molecular weight is 418 g/mol. The van der Waals surface area contributed by atoms with E-state index >= 15 is 0 Å². The minimum absolute atomic E-state index is 0.00756. The Hall–Kier alpha value is -2.10. The van der Waals surface area contributed by atoms with Gasteiger partial charge < -0.3 is 9.80 Å². The van der Waals surface area contributed by atoms with Crippen molar-refractivity contribution < 1.29 is 18.0 Å². The molecule has 0 N–H and O–H groups in total. The molecule has 2 aromatic rings. The first-order valence-corrected chi connectivity index (χ1v) is 11.7. The van der Waals surface area contributed by atoms with Gasteiger partial charge in [-0.3, -0.25) is 9.59 Å². The fourth-order valence-electron chi connectivity index (χ4n) is 4.18. The Balaban J connectivity index is 1.45. The van der Waals surface area contributed by atoms with E-state index in [2.05, 4.69) is 0 Å². The van der Waals surface area contributed by atoms with Crippen LogP contribution < -0.4 is 0 Å². The summed E-state index contributed by atoms with van der Waals surface area (Å²) < 4.78 is 27.8. The molecule has 3 saturated heterocycles. The minimum Gasteiger partial charge on any atom is -0.326 e. The highest BCUT2D eigenvalue weighted by Crippen LogP contribution is 2.32. The van der Waals surface area contributed by atoms with Gasteiger partial charge >= 0.3 is 0 Å². The van der Waals surface area contributed by atoms with Gasteiger partial charge in [0.25, 0.3) is 0 Å². The highest BCUT2D eigenvalue weighted by atomic mass is 32.2. The molecular weight excluding hydrogens is 398 g/mol. The highest BCUT2D eigenvalue weighted by Gasteiger charge is 2.51. The molecule has 0 aliphatic carbocycles. The van der Waals surface area contributed by atoms with Crippen molar-refractivity contribution >= 4 is 44.4 Å². The van der Waals surface area contributed by atoms with E-state index in [9.17, 15) is 18.0 Å². The number of nitrogens with zero attached hydrogens (tertiary/aromatic N) is 3. The van der Waals surface area contributed by atoms with E-state index in [1.807, 2.05) is 24.3 Å². The van der Waals surface area contributed by atoms with Crippen LogP contribution in [0, 0.1) is 0 Å². The number of carbonyl (C=O) groups excluding carboxylic acids is 2. The molecule has 0 saturated carbocycles. The maximum absolute atomic E-state index is 13.2. The molecule has 0 radical (unpaired) electrons. The molecule has 2 amide bonds. The standard InChI is InChI=1S/C19H19N3O4S2/c23-18-16-10-20(7-8-21(16)19(24)17-11-27-12-22(17)18)28(25,26)15-6-5-13-3-1-2-4-14(13)9-15/h1-6,9,16-17H,7-8,10-12H2/t16-,17+/m1/s1. The molecule has 3 aliphatic rings. The van der Waals surface area contributed by atoms with Crippen molar-refractivity contribution in [2.45, 2.75) is 17.0 Å². The van der Waals surface area contributed by atoms with Gasteiger partial charge in [0.1, 0.15) is 12.1 Å². The Bertz CT molecular complexity index is 1090. The summed E-state index contributed by atoms with van der Waals surface area (Å²) >= 11 is 1.56. The van der Waals surface area contributed by atoms with Crippen LogP contribution in [0.1, 0.15) is 0 Å². The third-order valence-electron chi connectivity index (χ3n) is 5.72. The maximum Gasteiger partial charge on any atom is 0.248 e. The number of hydrogen-bond donors (Lipinski definition) is 0. The third-order valence-corrected chi connectivity index (χ3v) is 8.59. The Morgan fingerprint density at radius 3 is 2.46 bits per heavy atom. The fraction of sp³-hybridized carbons (Fsp3) is 0.368. The number of thioether (sulfide) groups is 1. The molecule has 28 heavy (non-hydrogen) atoms. The predicted octanol–water partition coefficient (Wildman–Crippen LogP) is 0.956. The van der Waals surface area contributed by atoms with E-state index in [0.29, 0.717) is 11.6 Å². The van der Waals surface area contributed by atoms with Crippen molar-refractivity contribution in [1.82, 2.24) is 14.1 Å². The molecule has 0 bridgehead atoms. The summed E-state index contributed by atoms with van der Waals surface area (Å²) in [5, 5.41) is 1.82. The molecule has 0 aromatic heterocycles. The van der Waals surface area contributed by atoms with Crippen molar-refractivity contribution in [3.63, 3.8) is 0 Å². The number of carbonyl (C=O) groups is 2. The summed E-state index contributed by atoms with van der Waals surface area (Å²) in [6.45, 7) is 0.454. The second-order valence-corrected chi connectivity index (χ2v) is 10.2. The second-order valence-electron chi connectivity index (χ2n) is 7.24. The van der Waals surface area contributed by atoms with Crippen LogP contribution in [0.2, 0.25) is 0 Å². The molecule has 3 fully saturated rings. The van der Waals surface area contributed by atoms with Crippen molar-refractivity contribution in [3.05, 3.63) is 42.5 Å². The highest BCUT2D eigenvalue weighted by molar-refractivity contribution is 7.99. The van der Waals surface area contributed by atoms with Gasteiger partial charge in [-0.25, -0.2) is 8.42 Å². The van der Waals surface area contributed by atoms with Crippen LogP contribution in [0.15, 0.2) is 47.4 Å². The van der Waals surface area contributed by atoms with Gasteiger partial charge in [-0.1, -0.05) is 30.3 Å². The third kappa shape index (κ3) is 2.64. The number of benzene rings is 2. The topological polar surface area (TPSA) is 78.0 Å². The van der Waals surface area contributed by atoms with Crippen LogP contribution in [-0.2, 0) is 19.6 Å². The normalized spacial score (nSPS) is 25.9. The monoisotopic (exact) mass is 417 g/mol. The summed E-state index contributed by atoms with van der Waals surface area (Å²) in [6, 6.07) is 11.5. The van der Waals surface area contributed by atoms with Crippen molar-refractivity contribution in [3.8, 4) is 0 Å². The van der Waals surface area contributed by atoms with Crippen LogP contribution in [0.25, 0.3) is 10.8 Å². The lowest BCUT2D eigenvalue weighted by atomic mass is 10.0. The number of piperazine rings is 2. The van der Waals surface area contributed by atoms with E-state index in [4.69, 9.17) is 0 Å². The second kappa shape index (κ2) is 6.47. The molecule has 9 heteroatoms. The molecule has 0 unspecified atom stereocenters. The first kappa shape index (κ1) is 18.0. The van der Waals surface area contributed by atoms with E-state index in [1.165, 1.54) is 4.31 Å². The zero-order chi connectivity index (χ0) is 19.5. The average Bonchev–Trinajstić information content (AvgIpc) is 3.21. The van der Waals surface area contributed by atoms with E-state index in [0.717, 1.165) is 10.8 Å². The summed E-state index contributed by atoms with van der Waals surface area (Å²) in [5.74, 6) is 0.912. The number of rotatable bonds is 2. The molecule has 146 valence electrons. The molecule has 2 atom stereocenters. The Labute approximate surface area is 167 Å². The van der Waals surface area contributed by atoms with Crippen LogP contribution >= 0.6 is 11.8 Å². The quantitative estimate of drug-likeness (QED) is 0.727. The van der Waals surface area contributed by atoms with Gasteiger partial charge in [0.05, 0.1) is 10.8 Å². The summed E-state index contributed by atoms with van der Waals surface area (Å²) in [6.07, 6.45) is 0. The van der Waals surface area contributed by atoms with Gasteiger partial charge in [0, 0.05) is 25.4 Å². The van der Waals surface area contributed by atoms with E-state index < -0.39 is 22.1 Å². The molecule has 0 spiro atoms. The zero-order valence-electron chi connectivity index (χ0n) is 15.0. The van der Waals surface area contributed by atoms with Crippen molar-refractivity contribution in [1.29, 1.82) is 0 Å². The Morgan fingerprint density at radius 1 is 0.893 bits per heavy atom. The van der Waals surface area contributed by atoms with Crippen LogP contribution in [-0.4, -0.2) is 77.7 Å². The number of fused-ring (bicyclic) bond motifs is 3. The first-order valence-electron chi connectivity index (χ1n) is 9.14. The number of sulfonamides is 1. The Kier molecular flexibility index (Phi) is 4.15. The molecule has 5 rings (SSSR count).